The van der Waals surface area contributed by atoms with Crippen LogP contribution in [-0.2, 0) is 11.3 Å². The molecule has 0 aliphatic carbocycles. The van der Waals surface area contributed by atoms with Gasteiger partial charge in [0.1, 0.15) is 5.25 Å². The van der Waals surface area contributed by atoms with Crippen molar-refractivity contribution in [3.63, 3.8) is 0 Å². The lowest BCUT2D eigenvalue weighted by Crippen LogP contribution is -2.28. The topological polar surface area (TPSA) is 55.2 Å². The maximum absolute atomic E-state index is 12.8. The van der Waals surface area contributed by atoms with Gasteiger partial charge in [0.25, 0.3) is 5.56 Å². The number of aromatic nitrogens is 2. The van der Waals surface area contributed by atoms with Crippen LogP contribution in [-0.4, -0.2) is 34.5 Å². The SMILES string of the molecule is CCn1c(SC(C(=O)N(C)C)c2ccccc2)nc2ccccc2c1=O. The van der Waals surface area contributed by atoms with E-state index in [0.29, 0.717) is 22.6 Å². The summed E-state index contributed by atoms with van der Waals surface area (Å²) in [7, 11) is 3.47. The molecular weight excluding hydrogens is 346 g/mol. The van der Waals surface area contributed by atoms with Gasteiger partial charge < -0.3 is 4.90 Å². The van der Waals surface area contributed by atoms with E-state index in [-0.39, 0.29) is 11.5 Å². The molecule has 1 unspecified atom stereocenters. The lowest BCUT2D eigenvalue weighted by Gasteiger charge is -2.21. The molecular formula is C20H21N3O2S. The molecule has 0 fully saturated rings. The molecule has 3 aromatic rings. The maximum atomic E-state index is 12.8. The number of carbonyl (C=O) groups excluding carboxylic acids is 1. The fraction of sp³-hybridized carbons (Fsp3) is 0.250. The summed E-state index contributed by atoms with van der Waals surface area (Å²) in [4.78, 5) is 31.8. The third-order valence-electron chi connectivity index (χ3n) is 4.13. The summed E-state index contributed by atoms with van der Waals surface area (Å²) in [5.41, 5.74) is 1.46. The van der Waals surface area contributed by atoms with Crippen molar-refractivity contribution in [3.8, 4) is 0 Å². The average Bonchev–Trinajstić information content (AvgIpc) is 2.66. The Kier molecular flexibility index (Phi) is 5.42. The van der Waals surface area contributed by atoms with Crippen LogP contribution in [0.15, 0.2) is 64.5 Å². The summed E-state index contributed by atoms with van der Waals surface area (Å²) in [5, 5.41) is 0.686. The Labute approximate surface area is 156 Å². The highest BCUT2D eigenvalue weighted by Crippen LogP contribution is 2.35. The summed E-state index contributed by atoms with van der Waals surface area (Å²) in [6.45, 7) is 2.41. The lowest BCUT2D eigenvalue weighted by molar-refractivity contribution is -0.128. The smallest absolute Gasteiger partial charge is 0.262 e. The predicted molar refractivity (Wildman–Crippen MR) is 105 cm³/mol. The average molecular weight is 367 g/mol. The zero-order valence-corrected chi connectivity index (χ0v) is 15.9. The number of amides is 1. The molecule has 0 radical (unpaired) electrons. The van der Waals surface area contributed by atoms with Gasteiger partial charge in [0.15, 0.2) is 5.16 Å². The number of benzene rings is 2. The zero-order chi connectivity index (χ0) is 18.7. The lowest BCUT2D eigenvalue weighted by atomic mass is 10.1. The van der Waals surface area contributed by atoms with E-state index in [4.69, 9.17) is 0 Å². The monoisotopic (exact) mass is 367 g/mol. The Balaban J connectivity index is 2.12. The van der Waals surface area contributed by atoms with Gasteiger partial charge in [0, 0.05) is 20.6 Å². The van der Waals surface area contributed by atoms with E-state index in [2.05, 4.69) is 4.98 Å². The van der Waals surface area contributed by atoms with Crippen LogP contribution in [0.2, 0.25) is 0 Å². The number of likely N-dealkylation sites (N-methyl/N-ethyl adjacent to an activating group) is 1. The highest BCUT2D eigenvalue weighted by atomic mass is 32.2. The minimum Gasteiger partial charge on any atom is -0.348 e. The molecule has 1 aromatic heterocycles. The molecule has 1 heterocycles. The Morgan fingerprint density at radius 3 is 2.42 bits per heavy atom. The standard InChI is InChI=1S/C20H21N3O2S/c1-4-23-18(24)15-12-8-9-13-16(15)21-20(23)26-17(19(25)22(2)3)14-10-6-5-7-11-14/h5-13,17H,4H2,1-3H3. The molecule has 0 aliphatic heterocycles. The molecule has 0 saturated heterocycles. The van der Waals surface area contributed by atoms with Gasteiger partial charge in [-0.3, -0.25) is 14.2 Å². The number of carbonyl (C=O) groups is 1. The number of rotatable bonds is 5. The summed E-state index contributed by atoms with van der Waals surface area (Å²) >= 11 is 1.32. The first-order valence-electron chi connectivity index (χ1n) is 8.45. The van der Waals surface area contributed by atoms with Crippen molar-refractivity contribution >= 4 is 28.6 Å². The van der Waals surface area contributed by atoms with Gasteiger partial charge in [-0.1, -0.05) is 54.2 Å². The molecule has 0 saturated carbocycles. The third-order valence-corrected chi connectivity index (χ3v) is 5.37. The predicted octanol–water partition coefficient (Wildman–Crippen LogP) is 3.34. The summed E-state index contributed by atoms with van der Waals surface area (Å²) in [6.07, 6.45) is 0. The zero-order valence-electron chi connectivity index (χ0n) is 15.0. The molecule has 0 aliphatic rings. The van der Waals surface area contributed by atoms with Crippen LogP contribution in [0.4, 0.5) is 0 Å². The van der Waals surface area contributed by atoms with E-state index in [1.54, 1.807) is 29.6 Å². The molecule has 1 amide bonds. The molecule has 2 aromatic carbocycles. The second-order valence-corrected chi connectivity index (χ2v) is 7.17. The molecule has 0 N–H and O–H groups in total. The first kappa shape index (κ1) is 18.2. The van der Waals surface area contributed by atoms with Crippen molar-refractivity contribution in [1.29, 1.82) is 0 Å². The van der Waals surface area contributed by atoms with Crippen LogP contribution in [0.5, 0.6) is 0 Å². The van der Waals surface area contributed by atoms with E-state index in [0.717, 1.165) is 5.56 Å². The number of para-hydroxylation sites is 1. The third kappa shape index (κ3) is 3.51. The van der Waals surface area contributed by atoms with Crippen molar-refractivity contribution in [2.24, 2.45) is 0 Å². The van der Waals surface area contributed by atoms with Gasteiger partial charge in [-0.25, -0.2) is 4.98 Å². The maximum Gasteiger partial charge on any atom is 0.262 e. The molecule has 134 valence electrons. The quantitative estimate of drug-likeness (QED) is 0.513. The van der Waals surface area contributed by atoms with E-state index in [9.17, 15) is 9.59 Å². The van der Waals surface area contributed by atoms with Gasteiger partial charge in [-0.2, -0.15) is 0 Å². The molecule has 6 heteroatoms. The first-order valence-corrected chi connectivity index (χ1v) is 9.33. The Hall–Kier alpha value is -2.60. The minimum absolute atomic E-state index is 0.0359. The molecule has 1 atom stereocenters. The van der Waals surface area contributed by atoms with Crippen molar-refractivity contribution in [2.75, 3.05) is 14.1 Å². The summed E-state index contributed by atoms with van der Waals surface area (Å²) in [6, 6.07) is 16.9. The molecule has 5 nitrogen and oxygen atoms in total. The largest absolute Gasteiger partial charge is 0.348 e. The van der Waals surface area contributed by atoms with Gasteiger partial charge in [0.05, 0.1) is 10.9 Å². The molecule has 0 bridgehead atoms. The van der Waals surface area contributed by atoms with Crippen LogP contribution in [0.3, 0.4) is 0 Å². The Bertz CT molecular complexity index is 983. The van der Waals surface area contributed by atoms with E-state index >= 15 is 0 Å². The molecule has 26 heavy (non-hydrogen) atoms. The Morgan fingerprint density at radius 2 is 1.77 bits per heavy atom. The second kappa shape index (κ2) is 7.74. The summed E-state index contributed by atoms with van der Waals surface area (Å²) in [5.74, 6) is -0.0359. The van der Waals surface area contributed by atoms with Crippen molar-refractivity contribution in [2.45, 2.75) is 23.9 Å². The van der Waals surface area contributed by atoms with Crippen LogP contribution in [0.1, 0.15) is 17.7 Å². The Morgan fingerprint density at radius 1 is 1.12 bits per heavy atom. The number of fused-ring (bicyclic) bond motifs is 1. The van der Waals surface area contributed by atoms with E-state index in [1.165, 1.54) is 11.8 Å². The van der Waals surface area contributed by atoms with E-state index in [1.807, 2.05) is 55.5 Å². The van der Waals surface area contributed by atoms with Crippen LogP contribution in [0, 0.1) is 0 Å². The highest BCUT2D eigenvalue weighted by Gasteiger charge is 2.26. The van der Waals surface area contributed by atoms with Crippen LogP contribution < -0.4 is 5.56 Å². The highest BCUT2D eigenvalue weighted by molar-refractivity contribution is 8.00. The number of nitrogens with zero attached hydrogens (tertiary/aromatic N) is 3. The second-order valence-electron chi connectivity index (χ2n) is 6.10. The summed E-state index contributed by atoms with van der Waals surface area (Å²) < 4.78 is 1.63. The fourth-order valence-electron chi connectivity index (χ4n) is 2.75. The fourth-order valence-corrected chi connectivity index (χ4v) is 4.05. The van der Waals surface area contributed by atoms with Gasteiger partial charge in [0.2, 0.25) is 5.91 Å². The van der Waals surface area contributed by atoms with Crippen molar-refractivity contribution in [3.05, 3.63) is 70.5 Å². The van der Waals surface area contributed by atoms with Gasteiger partial charge in [-0.05, 0) is 24.6 Å². The van der Waals surface area contributed by atoms with E-state index < -0.39 is 5.25 Å². The number of hydrogen-bond donors (Lipinski definition) is 0. The van der Waals surface area contributed by atoms with Crippen LogP contribution >= 0.6 is 11.8 Å². The molecule has 3 rings (SSSR count). The number of thioether (sulfide) groups is 1. The van der Waals surface area contributed by atoms with Gasteiger partial charge in [-0.15, -0.1) is 0 Å². The first-order chi connectivity index (χ1) is 12.5. The van der Waals surface area contributed by atoms with Crippen molar-refractivity contribution in [1.82, 2.24) is 14.5 Å². The normalized spacial score (nSPS) is 12.1. The molecule has 0 spiro atoms. The van der Waals surface area contributed by atoms with Crippen LogP contribution in [0.25, 0.3) is 10.9 Å². The minimum atomic E-state index is -0.461. The van der Waals surface area contributed by atoms with Crippen molar-refractivity contribution < 1.29 is 4.79 Å². The van der Waals surface area contributed by atoms with Gasteiger partial charge >= 0.3 is 0 Å². The number of hydrogen-bond acceptors (Lipinski definition) is 4.